The minimum absolute atomic E-state index is 0.00279. The third kappa shape index (κ3) is 3.88. The Morgan fingerprint density at radius 3 is 2.19 bits per heavy atom. The van der Waals surface area contributed by atoms with Gasteiger partial charge in [-0.2, -0.15) is 0 Å². The van der Waals surface area contributed by atoms with Crippen LogP contribution in [-0.2, 0) is 23.9 Å². The molecule has 0 heterocycles. The van der Waals surface area contributed by atoms with Gasteiger partial charge in [0.05, 0.1) is 24.7 Å². The molecule has 0 unspecified atom stereocenters. The summed E-state index contributed by atoms with van der Waals surface area (Å²) in [6.45, 7) is 4.84. The maximum atomic E-state index is 12.6. The Kier molecular flexibility index (Phi) is 6.02. The summed E-state index contributed by atoms with van der Waals surface area (Å²) in [6.07, 6.45) is -0.353. The van der Waals surface area contributed by atoms with Gasteiger partial charge in [-0.1, -0.05) is 12.1 Å². The number of Topliss-reactive ketones (excluding diaryl/α,β-unsaturated/α-hetero) is 1. The Morgan fingerprint density at radius 1 is 1.12 bits per heavy atom. The van der Waals surface area contributed by atoms with Crippen molar-refractivity contribution in [3.63, 3.8) is 0 Å². The normalized spacial score (nSPS) is 28.5. The Hall–Kier alpha value is -2.41. The predicted molar refractivity (Wildman–Crippen MR) is 91.3 cm³/mol. The number of phenols is 1. The highest BCUT2D eigenvalue weighted by Gasteiger charge is 2.57. The second-order valence-corrected chi connectivity index (χ2v) is 6.58. The molecule has 1 aliphatic carbocycles. The van der Waals surface area contributed by atoms with E-state index in [2.05, 4.69) is 0 Å². The van der Waals surface area contributed by atoms with Crippen LogP contribution in [0.1, 0.15) is 38.7 Å². The maximum Gasteiger partial charge on any atom is 0.317 e. The number of esters is 2. The average molecular weight is 364 g/mol. The molecule has 1 saturated carbocycles. The molecule has 1 aromatic carbocycles. The molecule has 0 radical (unpaired) electrons. The van der Waals surface area contributed by atoms with E-state index in [0.29, 0.717) is 5.56 Å². The van der Waals surface area contributed by atoms with E-state index >= 15 is 0 Å². The molecule has 7 heteroatoms. The number of ether oxygens (including phenoxy) is 2. The molecule has 142 valence electrons. The van der Waals surface area contributed by atoms with Gasteiger partial charge in [0.15, 0.2) is 5.78 Å². The summed E-state index contributed by atoms with van der Waals surface area (Å²) in [7, 11) is 0. The van der Waals surface area contributed by atoms with E-state index in [-0.39, 0.29) is 25.4 Å². The van der Waals surface area contributed by atoms with Crippen LogP contribution in [0, 0.1) is 11.8 Å². The Balaban J connectivity index is 2.59. The molecule has 2 N–H and O–H groups in total. The van der Waals surface area contributed by atoms with Crippen molar-refractivity contribution in [1.82, 2.24) is 0 Å². The van der Waals surface area contributed by atoms with Gasteiger partial charge in [-0.15, -0.1) is 0 Å². The van der Waals surface area contributed by atoms with Crippen LogP contribution >= 0.6 is 0 Å². The zero-order valence-electron chi connectivity index (χ0n) is 15.1. The zero-order valence-corrected chi connectivity index (χ0v) is 15.1. The first-order chi connectivity index (χ1) is 12.2. The number of hydrogen-bond donors (Lipinski definition) is 2. The van der Waals surface area contributed by atoms with Crippen LogP contribution in [0.15, 0.2) is 24.3 Å². The van der Waals surface area contributed by atoms with Gasteiger partial charge in [0, 0.05) is 12.3 Å². The van der Waals surface area contributed by atoms with E-state index < -0.39 is 41.1 Å². The van der Waals surface area contributed by atoms with Gasteiger partial charge in [0.25, 0.3) is 0 Å². The number of carbonyl (C=O) groups excluding carboxylic acids is 3. The average Bonchev–Trinajstić information content (AvgIpc) is 2.54. The highest BCUT2D eigenvalue weighted by Crippen LogP contribution is 2.46. The van der Waals surface area contributed by atoms with Crippen molar-refractivity contribution in [2.24, 2.45) is 11.8 Å². The van der Waals surface area contributed by atoms with Crippen LogP contribution in [0.25, 0.3) is 0 Å². The van der Waals surface area contributed by atoms with Crippen molar-refractivity contribution in [3.8, 4) is 5.75 Å². The number of aliphatic hydroxyl groups is 1. The quantitative estimate of drug-likeness (QED) is 0.602. The van der Waals surface area contributed by atoms with Crippen LogP contribution in [-0.4, -0.2) is 46.7 Å². The van der Waals surface area contributed by atoms with E-state index in [1.807, 2.05) is 0 Å². The van der Waals surface area contributed by atoms with Gasteiger partial charge in [-0.05, 0) is 38.5 Å². The van der Waals surface area contributed by atoms with E-state index in [1.54, 1.807) is 13.8 Å². The molecular formula is C19H24O7. The molecule has 0 spiro atoms. The van der Waals surface area contributed by atoms with Crippen molar-refractivity contribution in [1.29, 1.82) is 0 Å². The molecule has 7 nitrogen and oxygen atoms in total. The van der Waals surface area contributed by atoms with Crippen molar-refractivity contribution >= 4 is 17.7 Å². The molecule has 0 aliphatic heterocycles. The summed E-state index contributed by atoms with van der Waals surface area (Å²) >= 11 is 0. The summed E-state index contributed by atoms with van der Waals surface area (Å²) in [5.74, 6) is -5.22. The number of rotatable bonds is 5. The molecular weight excluding hydrogens is 340 g/mol. The van der Waals surface area contributed by atoms with Gasteiger partial charge in [-0.3, -0.25) is 14.4 Å². The number of hydrogen-bond acceptors (Lipinski definition) is 7. The molecule has 26 heavy (non-hydrogen) atoms. The lowest BCUT2D eigenvalue weighted by Gasteiger charge is -2.43. The van der Waals surface area contributed by atoms with Crippen LogP contribution in [0.3, 0.4) is 0 Å². The van der Waals surface area contributed by atoms with E-state index in [9.17, 15) is 24.6 Å². The molecule has 0 amide bonds. The lowest BCUT2D eigenvalue weighted by Crippen LogP contribution is -2.55. The third-order valence-electron chi connectivity index (χ3n) is 4.63. The van der Waals surface area contributed by atoms with Crippen LogP contribution in [0.2, 0.25) is 0 Å². The molecule has 1 aliphatic rings. The first-order valence-electron chi connectivity index (χ1n) is 8.60. The summed E-state index contributed by atoms with van der Waals surface area (Å²) in [5.41, 5.74) is -1.21. The number of phenolic OH excluding ortho intramolecular Hbond substituents is 1. The SMILES string of the molecule is CCOC(=O)[C@@H]1C(=O)C[C@](C)(O)[C@H](C(=O)OCC)[C@@H]1c1ccc(O)cc1. The smallest absolute Gasteiger partial charge is 0.317 e. The van der Waals surface area contributed by atoms with Gasteiger partial charge in [-0.25, -0.2) is 0 Å². The zero-order chi connectivity index (χ0) is 19.5. The minimum atomic E-state index is -1.67. The van der Waals surface area contributed by atoms with Crippen LogP contribution in [0.4, 0.5) is 0 Å². The van der Waals surface area contributed by atoms with Crippen molar-refractivity contribution in [2.45, 2.75) is 38.7 Å². The third-order valence-corrected chi connectivity index (χ3v) is 4.63. The molecule has 0 saturated heterocycles. The fourth-order valence-corrected chi connectivity index (χ4v) is 3.58. The van der Waals surface area contributed by atoms with E-state index in [0.717, 1.165) is 0 Å². The molecule has 0 aromatic heterocycles. The Bertz CT molecular complexity index is 678. The largest absolute Gasteiger partial charge is 0.508 e. The van der Waals surface area contributed by atoms with Crippen molar-refractivity contribution < 1.29 is 34.1 Å². The van der Waals surface area contributed by atoms with Gasteiger partial charge < -0.3 is 19.7 Å². The van der Waals surface area contributed by atoms with Crippen LogP contribution in [0.5, 0.6) is 5.75 Å². The molecule has 2 rings (SSSR count). The Morgan fingerprint density at radius 2 is 1.65 bits per heavy atom. The van der Waals surface area contributed by atoms with E-state index in [4.69, 9.17) is 9.47 Å². The number of benzene rings is 1. The maximum absolute atomic E-state index is 12.6. The molecule has 4 atom stereocenters. The highest BCUT2D eigenvalue weighted by molar-refractivity contribution is 6.02. The predicted octanol–water partition coefficient (Wildman–Crippen LogP) is 1.56. The first kappa shape index (κ1) is 19.9. The second-order valence-electron chi connectivity index (χ2n) is 6.58. The minimum Gasteiger partial charge on any atom is -0.508 e. The summed E-state index contributed by atoms with van der Waals surface area (Å²) in [6, 6.07) is 5.83. The topological polar surface area (TPSA) is 110 Å². The summed E-state index contributed by atoms with van der Waals surface area (Å²) in [4.78, 5) is 37.7. The van der Waals surface area contributed by atoms with Gasteiger partial charge in [0.2, 0.25) is 0 Å². The monoisotopic (exact) mass is 364 g/mol. The fraction of sp³-hybridized carbons (Fsp3) is 0.526. The lowest BCUT2D eigenvalue weighted by atomic mass is 9.61. The Labute approximate surface area is 151 Å². The number of ketones is 1. The molecule has 0 bridgehead atoms. The summed E-state index contributed by atoms with van der Waals surface area (Å²) < 4.78 is 10.1. The standard InChI is InChI=1S/C19H24O7/c1-4-25-17(22)15-13(21)10-19(3,24)16(18(23)26-5-2)14(15)11-6-8-12(20)9-7-11/h6-9,14-16,20,24H,4-5,10H2,1-3H3/t14-,15-,16+,19+/m1/s1. The molecule has 1 fully saturated rings. The fourth-order valence-electron chi connectivity index (χ4n) is 3.58. The van der Waals surface area contributed by atoms with Gasteiger partial charge >= 0.3 is 11.9 Å². The van der Waals surface area contributed by atoms with E-state index in [1.165, 1.54) is 31.2 Å². The van der Waals surface area contributed by atoms with Gasteiger partial charge in [0.1, 0.15) is 11.7 Å². The number of aromatic hydroxyl groups is 1. The lowest BCUT2D eigenvalue weighted by molar-refractivity contribution is -0.172. The molecule has 1 aromatic rings. The second kappa shape index (κ2) is 7.86. The van der Waals surface area contributed by atoms with Crippen molar-refractivity contribution in [3.05, 3.63) is 29.8 Å². The van der Waals surface area contributed by atoms with Crippen LogP contribution < -0.4 is 0 Å². The first-order valence-corrected chi connectivity index (χ1v) is 8.60. The highest BCUT2D eigenvalue weighted by atomic mass is 16.5. The van der Waals surface area contributed by atoms with Crippen molar-refractivity contribution in [2.75, 3.05) is 13.2 Å². The summed E-state index contributed by atoms with van der Waals surface area (Å²) in [5, 5.41) is 20.3. The number of carbonyl (C=O) groups is 3.